The van der Waals surface area contributed by atoms with E-state index in [9.17, 15) is 4.79 Å². The molecule has 0 saturated carbocycles. The van der Waals surface area contributed by atoms with Crippen molar-refractivity contribution in [2.75, 3.05) is 0 Å². The Balaban J connectivity index is 2.08. The van der Waals surface area contributed by atoms with Gasteiger partial charge < -0.3 is 5.11 Å². The summed E-state index contributed by atoms with van der Waals surface area (Å²) >= 11 is 0. The molecule has 1 heterocycles. The lowest BCUT2D eigenvalue weighted by molar-refractivity contribution is -0.120. The minimum atomic E-state index is -0.654. The molecule has 2 rings (SSSR count). The van der Waals surface area contributed by atoms with E-state index in [4.69, 9.17) is 5.11 Å². The number of nitrogens with zero attached hydrogens (tertiary/aromatic N) is 3. The zero-order valence-corrected chi connectivity index (χ0v) is 7.66. The van der Waals surface area contributed by atoms with Crippen LogP contribution in [-0.4, -0.2) is 23.3 Å². The number of nitrogens with one attached hydrogen (secondary N) is 1. The van der Waals surface area contributed by atoms with Gasteiger partial charge in [0.15, 0.2) is 6.04 Å². The molecule has 0 fully saturated rings. The molecular weight excluding hydrogens is 196 g/mol. The molecule has 76 valence electrons. The van der Waals surface area contributed by atoms with Gasteiger partial charge in [-0.2, -0.15) is 15.3 Å². The maximum Gasteiger partial charge on any atom is 0.272 e. The van der Waals surface area contributed by atoms with Gasteiger partial charge in [-0.1, -0.05) is 0 Å². The fourth-order valence-corrected chi connectivity index (χ4v) is 1.04. The van der Waals surface area contributed by atoms with Crippen molar-refractivity contribution in [3.8, 4) is 5.75 Å². The highest BCUT2D eigenvalue weighted by atomic mass is 16.3. The molecule has 1 aliphatic heterocycles. The van der Waals surface area contributed by atoms with Crippen molar-refractivity contribution in [3.05, 3.63) is 24.3 Å². The Hall–Kier alpha value is -2.24. The molecule has 1 unspecified atom stereocenters. The van der Waals surface area contributed by atoms with Gasteiger partial charge >= 0.3 is 0 Å². The van der Waals surface area contributed by atoms with Crippen LogP contribution in [0.2, 0.25) is 0 Å². The van der Waals surface area contributed by atoms with E-state index >= 15 is 0 Å². The molecule has 0 aromatic heterocycles. The molecule has 1 aliphatic rings. The molecule has 1 atom stereocenters. The summed E-state index contributed by atoms with van der Waals surface area (Å²) in [7, 11) is 0. The number of rotatable bonds is 2. The normalized spacial score (nSPS) is 19.7. The van der Waals surface area contributed by atoms with Gasteiger partial charge in [-0.25, -0.2) is 5.43 Å². The van der Waals surface area contributed by atoms with E-state index in [0.717, 1.165) is 0 Å². The number of phenols is 1. The van der Waals surface area contributed by atoms with E-state index < -0.39 is 6.04 Å². The Kier molecular flexibility index (Phi) is 2.40. The summed E-state index contributed by atoms with van der Waals surface area (Å²) in [6.45, 7) is 0. The molecular formula is C9H8N4O2. The first-order chi connectivity index (χ1) is 7.25. The van der Waals surface area contributed by atoms with Gasteiger partial charge in [0.2, 0.25) is 0 Å². The second-order valence-corrected chi connectivity index (χ2v) is 2.93. The van der Waals surface area contributed by atoms with E-state index in [1.165, 1.54) is 18.3 Å². The number of hydrogen-bond acceptors (Lipinski definition) is 5. The monoisotopic (exact) mass is 204 g/mol. The molecule has 1 aromatic carbocycles. The predicted molar refractivity (Wildman–Crippen MR) is 53.0 cm³/mol. The summed E-state index contributed by atoms with van der Waals surface area (Å²) in [5, 5.41) is 20.2. The Bertz CT molecular complexity index is 424. The van der Waals surface area contributed by atoms with Gasteiger partial charge in [0.1, 0.15) is 5.75 Å². The third-order valence-electron chi connectivity index (χ3n) is 1.81. The van der Waals surface area contributed by atoms with Crippen molar-refractivity contribution >= 4 is 17.8 Å². The second-order valence-electron chi connectivity index (χ2n) is 2.93. The standard InChI is InChI=1S/C9H8N4O2/c14-7-3-1-6(2-4-7)11-12-8-5-10-13-9(8)15/h1-5,8,14H,(H,13,15). The van der Waals surface area contributed by atoms with Crippen molar-refractivity contribution in [3.63, 3.8) is 0 Å². The number of hydrogen-bond donors (Lipinski definition) is 2. The first kappa shape index (κ1) is 9.32. The average molecular weight is 204 g/mol. The second kappa shape index (κ2) is 3.87. The molecule has 6 heteroatoms. The third kappa shape index (κ3) is 2.16. The highest BCUT2D eigenvalue weighted by molar-refractivity contribution is 6.01. The van der Waals surface area contributed by atoms with Crippen molar-refractivity contribution in [1.29, 1.82) is 0 Å². The fraction of sp³-hybridized carbons (Fsp3) is 0.111. The molecule has 1 aromatic rings. The lowest BCUT2D eigenvalue weighted by Gasteiger charge is -1.95. The van der Waals surface area contributed by atoms with Gasteiger partial charge in [-0.05, 0) is 24.3 Å². The van der Waals surface area contributed by atoms with Crippen molar-refractivity contribution in [2.24, 2.45) is 15.3 Å². The van der Waals surface area contributed by atoms with Crippen LogP contribution >= 0.6 is 0 Å². The quantitative estimate of drug-likeness (QED) is 0.703. The SMILES string of the molecule is O=C1NN=CC1N=Nc1ccc(O)cc1. The van der Waals surface area contributed by atoms with E-state index in [2.05, 4.69) is 20.8 Å². The van der Waals surface area contributed by atoms with Crippen LogP contribution in [0.5, 0.6) is 5.75 Å². The lowest BCUT2D eigenvalue weighted by atomic mass is 10.3. The Morgan fingerprint density at radius 3 is 2.67 bits per heavy atom. The summed E-state index contributed by atoms with van der Waals surface area (Å²) in [5.41, 5.74) is 2.82. The smallest absolute Gasteiger partial charge is 0.272 e. The molecule has 6 nitrogen and oxygen atoms in total. The van der Waals surface area contributed by atoms with Crippen LogP contribution in [0.15, 0.2) is 39.6 Å². The maximum absolute atomic E-state index is 11.0. The van der Waals surface area contributed by atoms with Gasteiger partial charge in [0, 0.05) is 0 Å². The first-order valence-electron chi connectivity index (χ1n) is 4.28. The fourth-order valence-electron chi connectivity index (χ4n) is 1.04. The highest BCUT2D eigenvalue weighted by Gasteiger charge is 2.19. The van der Waals surface area contributed by atoms with Crippen molar-refractivity contribution in [1.82, 2.24) is 5.43 Å². The molecule has 0 aliphatic carbocycles. The molecule has 0 radical (unpaired) electrons. The number of carbonyl (C=O) groups is 1. The summed E-state index contributed by atoms with van der Waals surface area (Å²) < 4.78 is 0. The summed E-state index contributed by atoms with van der Waals surface area (Å²) in [6.07, 6.45) is 1.38. The number of hydrazone groups is 1. The summed E-state index contributed by atoms with van der Waals surface area (Å²) in [4.78, 5) is 11.0. The minimum Gasteiger partial charge on any atom is -0.508 e. The Labute approximate surface area is 85.3 Å². The van der Waals surface area contributed by atoms with Crippen LogP contribution in [0, 0.1) is 0 Å². The molecule has 2 N–H and O–H groups in total. The Morgan fingerprint density at radius 2 is 2.07 bits per heavy atom. The summed E-state index contributed by atoms with van der Waals surface area (Å²) in [5.74, 6) is -0.133. The maximum atomic E-state index is 11.0. The lowest BCUT2D eigenvalue weighted by Crippen LogP contribution is -2.22. The van der Waals surface area contributed by atoms with Gasteiger partial charge in [0.25, 0.3) is 5.91 Å². The number of aromatic hydroxyl groups is 1. The van der Waals surface area contributed by atoms with Gasteiger partial charge in [-0.3, -0.25) is 4.79 Å². The third-order valence-corrected chi connectivity index (χ3v) is 1.81. The molecule has 0 bridgehead atoms. The van der Waals surface area contributed by atoms with Crippen LogP contribution in [0.25, 0.3) is 0 Å². The molecule has 1 amide bonds. The van der Waals surface area contributed by atoms with E-state index in [-0.39, 0.29) is 11.7 Å². The zero-order valence-electron chi connectivity index (χ0n) is 7.66. The first-order valence-corrected chi connectivity index (χ1v) is 4.28. The molecule has 0 saturated heterocycles. The number of phenolic OH excluding ortho intramolecular Hbond substituents is 1. The van der Waals surface area contributed by atoms with E-state index in [1.807, 2.05) is 0 Å². The van der Waals surface area contributed by atoms with Crippen LogP contribution in [0.4, 0.5) is 5.69 Å². The number of benzene rings is 1. The van der Waals surface area contributed by atoms with E-state index in [1.54, 1.807) is 12.1 Å². The van der Waals surface area contributed by atoms with E-state index in [0.29, 0.717) is 5.69 Å². The molecule has 0 spiro atoms. The minimum absolute atomic E-state index is 0.161. The van der Waals surface area contributed by atoms with Crippen molar-refractivity contribution < 1.29 is 9.90 Å². The number of amides is 1. The zero-order chi connectivity index (χ0) is 10.7. The number of carbonyl (C=O) groups excluding carboxylic acids is 1. The average Bonchev–Trinajstić information content (AvgIpc) is 2.63. The van der Waals surface area contributed by atoms with Crippen LogP contribution < -0.4 is 5.43 Å². The predicted octanol–water partition coefficient (Wildman–Crippen LogP) is 0.960. The van der Waals surface area contributed by atoms with Gasteiger partial charge in [-0.15, -0.1) is 0 Å². The van der Waals surface area contributed by atoms with Crippen LogP contribution in [0.3, 0.4) is 0 Å². The summed E-state index contributed by atoms with van der Waals surface area (Å²) in [6, 6.07) is 5.54. The molecule has 15 heavy (non-hydrogen) atoms. The van der Waals surface area contributed by atoms with Gasteiger partial charge in [0.05, 0.1) is 11.9 Å². The Morgan fingerprint density at radius 1 is 1.33 bits per heavy atom. The highest BCUT2D eigenvalue weighted by Crippen LogP contribution is 2.17. The number of azo groups is 1. The van der Waals surface area contributed by atoms with Crippen molar-refractivity contribution in [2.45, 2.75) is 6.04 Å². The topological polar surface area (TPSA) is 86.4 Å². The van der Waals surface area contributed by atoms with Crippen LogP contribution in [0.1, 0.15) is 0 Å². The largest absolute Gasteiger partial charge is 0.508 e. The van der Waals surface area contributed by atoms with Crippen LogP contribution in [-0.2, 0) is 4.79 Å².